The van der Waals surface area contributed by atoms with E-state index in [-0.39, 0.29) is 30.1 Å². The molecule has 0 saturated heterocycles. The van der Waals surface area contributed by atoms with Crippen LogP contribution in [0.15, 0.2) is 41.5 Å². The van der Waals surface area contributed by atoms with Gasteiger partial charge in [0.2, 0.25) is 0 Å². The van der Waals surface area contributed by atoms with Gasteiger partial charge in [-0.1, -0.05) is 44.2 Å². The Hall–Kier alpha value is -1.61. The third-order valence-corrected chi connectivity index (χ3v) is 4.45. The molecule has 28 heavy (non-hydrogen) atoms. The van der Waals surface area contributed by atoms with Crippen LogP contribution < -0.4 is 5.32 Å². The van der Waals surface area contributed by atoms with Crippen molar-refractivity contribution in [1.82, 2.24) is 20.0 Å². The van der Waals surface area contributed by atoms with E-state index in [1.165, 1.54) is 5.56 Å². The average Bonchev–Trinajstić information content (AvgIpc) is 3.02. The van der Waals surface area contributed by atoms with Gasteiger partial charge in [-0.25, -0.2) is 0 Å². The zero-order valence-electron chi connectivity index (χ0n) is 17.8. The predicted molar refractivity (Wildman–Crippen MR) is 126 cm³/mol. The molecule has 1 aromatic carbocycles. The van der Waals surface area contributed by atoms with Crippen molar-refractivity contribution in [3.05, 3.63) is 53.3 Å². The average molecular weight is 499 g/mol. The van der Waals surface area contributed by atoms with Gasteiger partial charge in [-0.2, -0.15) is 5.10 Å². The Bertz CT molecular complexity index is 730. The minimum atomic E-state index is -0.0575. The van der Waals surface area contributed by atoms with Gasteiger partial charge in [0.1, 0.15) is 6.10 Å². The number of hydrogen-bond acceptors (Lipinski definition) is 3. The van der Waals surface area contributed by atoms with Gasteiger partial charge in [0.25, 0.3) is 0 Å². The molecule has 0 spiro atoms. The van der Waals surface area contributed by atoms with Crippen LogP contribution in [0.5, 0.6) is 0 Å². The second kappa shape index (κ2) is 12.1. The molecular formula is C21H34IN5O. The molecule has 0 fully saturated rings. The maximum atomic E-state index is 5.65. The monoisotopic (exact) mass is 499 g/mol. The second-order valence-electron chi connectivity index (χ2n) is 7.05. The summed E-state index contributed by atoms with van der Waals surface area (Å²) in [6.07, 6.45) is 2.04. The van der Waals surface area contributed by atoms with Crippen molar-refractivity contribution in [1.29, 1.82) is 0 Å². The zero-order valence-corrected chi connectivity index (χ0v) is 20.2. The normalized spacial score (nSPS) is 12.6. The van der Waals surface area contributed by atoms with Gasteiger partial charge in [0.15, 0.2) is 5.96 Å². The number of nitrogens with zero attached hydrogens (tertiary/aromatic N) is 4. The van der Waals surface area contributed by atoms with E-state index in [1.807, 2.05) is 29.9 Å². The smallest absolute Gasteiger partial charge is 0.194 e. The molecule has 1 unspecified atom stereocenters. The lowest BCUT2D eigenvalue weighted by Crippen LogP contribution is -2.39. The molecule has 0 amide bonds. The molecule has 0 bridgehead atoms. The molecule has 1 heterocycles. The SMILES string of the molecule is CCNC(=NCC(OC)c1ccccc1)N(C)Cc1cn(C)nc1C(C)C.I. The lowest BCUT2D eigenvalue weighted by molar-refractivity contribution is 0.110. The molecule has 156 valence electrons. The molecule has 6 nitrogen and oxygen atoms in total. The van der Waals surface area contributed by atoms with Crippen LogP contribution in [0.2, 0.25) is 0 Å². The second-order valence-corrected chi connectivity index (χ2v) is 7.05. The number of nitrogens with one attached hydrogen (secondary N) is 1. The Kier molecular flexibility index (Phi) is 10.5. The van der Waals surface area contributed by atoms with E-state index in [9.17, 15) is 0 Å². The third kappa shape index (κ3) is 6.77. The summed E-state index contributed by atoms with van der Waals surface area (Å²) in [5.74, 6) is 1.26. The maximum Gasteiger partial charge on any atom is 0.194 e. The number of aromatic nitrogens is 2. The van der Waals surface area contributed by atoms with Crippen LogP contribution in [0.3, 0.4) is 0 Å². The minimum absolute atomic E-state index is 0. The number of halogens is 1. The van der Waals surface area contributed by atoms with Gasteiger partial charge in [0.05, 0.1) is 12.2 Å². The molecule has 1 atom stereocenters. The first-order valence-electron chi connectivity index (χ1n) is 9.55. The highest BCUT2D eigenvalue weighted by Gasteiger charge is 2.16. The summed E-state index contributed by atoms with van der Waals surface area (Å²) in [7, 11) is 5.76. The maximum absolute atomic E-state index is 5.65. The Morgan fingerprint density at radius 3 is 2.54 bits per heavy atom. The van der Waals surface area contributed by atoms with E-state index in [1.54, 1.807) is 7.11 Å². The summed E-state index contributed by atoms with van der Waals surface area (Å²) in [5, 5.41) is 7.99. The topological polar surface area (TPSA) is 54.7 Å². The number of guanidine groups is 1. The largest absolute Gasteiger partial charge is 0.375 e. The van der Waals surface area contributed by atoms with Crippen molar-refractivity contribution < 1.29 is 4.74 Å². The first-order valence-corrected chi connectivity index (χ1v) is 9.55. The molecule has 0 aliphatic rings. The lowest BCUT2D eigenvalue weighted by Gasteiger charge is -2.23. The van der Waals surface area contributed by atoms with Crippen molar-refractivity contribution >= 4 is 29.9 Å². The molecule has 1 N–H and O–H groups in total. The van der Waals surface area contributed by atoms with E-state index < -0.39 is 0 Å². The molecule has 0 aliphatic heterocycles. The van der Waals surface area contributed by atoms with Gasteiger partial charge in [-0.15, -0.1) is 24.0 Å². The zero-order chi connectivity index (χ0) is 19.8. The predicted octanol–water partition coefficient (Wildman–Crippen LogP) is 3.95. The number of methoxy groups -OCH3 is 1. The number of ether oxygens (including phenoxy) is 1. The molecule has 0 radical (unpaired) electrons. The minimum Gasteiger partial charge on any atom is -0.375 e. The van der Waals surface area contributed by atoms with E-state index in [2.05, 4.69) is 61.5 Å². The molecular weight excluding hydrogens is 465 g/mol. The fourth-order valence-electron chi connectivity index (χ4n) is 3.12. The van der Waals surface area contributed by atoms with E-state index in [4.69, 9.17) is 9.73 Å². The van der Waals surface area contributed by atoms with Crippen LogP contribution in [0.4, 0.5) is 0 Å². The lowest BCUT2D eigenvalue weighted by atomic mass is 10.1. The van der Waals surface area contributed by atoms with Crippen molar-refractivity contribution in [2.45, 2.75) is 39.3 Å². The standard InChI is InChI=1S/C21H33N5O.HI/c1-7-22-21(23-13-19(27-6)17-11-9-8-10-12-17)25(4)14-18-15-26(5)24-20(18)16(2)3;/h8-12,15-16,19H,7,13-14H2,1-6H3,(H,22,23);1H. The molecule has 0 saturated carbocycles. The Morgan fingerprint density at radius 1 is 1.29 bits per heavy atom. The van der Waals surface area contributed by atoms with Gasteiger partial charge < -0.3 is 15.0 Å². The Balaban J connectivity index is 0.00000392. The number of hydrogen-bond donors (Lipinski definition) is 1. The van der Waals surface area contributed by atoms with Crippen LogP contribution in [0.1, 0.15) is 49.6 Å². The van der Waals surface area contributed by atoms with Crippen molar-refractivity contribution in [3.63, 3.8) is 0 Å². The first kappa shape index (κ1) is 24.4. The third-order valence-electron chi connectivity index (χ3n) is 4.45. The molecule has 2 rings (SSSR count). The van der Waals surface area contributed by atoms with Crippen molar-refractivity contribution in [3.8, 4) is 0 Å². The number of aliphatic imine (C=N–C) groups is 1. The highest BCUT2D eigenvalue weighted by molar-refractivity contribution is 14.0. The summed E-state index contributed by atoms with van der Waals surface area (Å²) < 4.78 is 7.54. The molecule has 7 heteroatoms. The summed E-state index contributed by atoms with van der Waals surface area (Å²) >= 11 is 0. The van der Waals surface area contributed by atoms with Crippen molar-refractivity contribution in [2.75, 3.05) is 27.2 Å². The van der Waals surface area contributed by atoms with E-state index >= 15 is 0 Å². The van der Waals surface area contributed by atoms with E-state index in [0.717, 1.165) is 30.3 Å². The van der Waals surface area contributed by atoms with Crippen LogP contribution in [0, 0.1) is 0 Å². The highest BCUT2D eigenvalue weighted by atomic mass is 127. The highest BCUT2D eigenvalue weighted by Crippen LogP contribution is 2.19. The molecule has 2 aromatic rings. The first-order chi connectivity index (χ1) is 13.0. The van der Waals surface area contributed by atoms with E-state index in [0.29, 0.717) is 12.5 Å². The Labute approximate surface area is 186 Å². The summed E-state index contributed by atoms with van der Waals surface area (Å²) in [6.45, 7) is 8.57. The molecule has 1 aromatic heterocycles. The fraction of sp³-hybridized carbons (Fsp3) is 0.524. The fourth-order valence-corrected chi connectivity index (χ4v) is 3.12. The Morgan fingerprint density at radius 2 is 1.96 bits per heavy atom. The summed E-state index contributed by atoms with van der Waals surface area (Å²) in [5.41, 5.74) is 3.50. The van der Waals surface area contributed by atoms with Crippen LogP contribution >= 0.6 is 24.0 Å². The summed E-state index contributed by atoms with van der Waals surface area (Å²) in [6, 6.07) is 10.2. The quantitative estimate of drug-likeness (QED) is 0.340. The van der Waals surface area contributed by atoms with Crippen molar-refractivity contribution in [2.24, 2.45) is 12.0 Å². The summed E-state index contributed by atoms with van der Waals surface area (Å²) in [4.78, 5) is 6.96. The number of benzene rings is 1. The van der Waals surface area contributed by atoms with Gasteiger partial charge in [-0.3, -0.25) is 9.67 Å². The molecule has 0 aliphatic carbocycles. The van der Waals surface area contributed by atoms with Crippen LogP contribution in [-0.4, -0.2) is 47.9 Å². The van der Waals surface area contributed by atoms with Gasteiger partial charge in [0, 0.05) is 46.1 Å². The number of aryl methyl sites for hydroxylation is 1. The van der Waals surface area contributed by atoms with Crippen LogP contribution in [0.25, 0.3) is 0 Å². The number of rotatable bonds is 8. The van der Waals surface area contributed by atoms with Crippen LogP contribution in [-0.2, 0) is 18.3 Å². The van der Waals surface area contributed by atoms with Gasteiger partial charge >= 0.3 is 0 Å². The van der Waals surface area contributed by atoms with Gasteiger partial charge in [-0.05, 0) is 18.4 Å².